The van der Waals surface area contributed by atoms with Crippen molar-refractivity contribution in [2.75, 3.05) is 5.32 Å². The predicted octanol–water partition coefficient (Wildman–Crippen LogP) is 5.17. The van der Waals surface area contributed by atoms with Crippen LogP contribution in [-0.4, -0.2) is 27.1 Å². The Morgan fingerprint density at radius 2 is 2.11 bits per heavy atom. The molecule has 0 bridgehead atoms. The van der Waals surface area contributed by atoms with Crippen LogP contribution in [0.1, 0.15) is 43.1 Å². The number of carboxylic acid groups (broad SMARTS) is 1. The third kappa shape index (κ3) is 4.19. The quantitative estimate of drug-likeness (QED) is 0.632. The van der Waals surface area contributed by atoms with E-state index in [4.69, 9.17) is 9.84 Å². The molecule has 0 aliphatic heterocycles. The van der Waals surface area contributed by atoms with Crippen molar-refractivity contribution in [2.24, 2.45) is 5.92 Å². The highest BCUT2D eigenvalue weighted by atomic mass is 32.1. The van der Waals surface area contributed by atoms with E-state index in [2.05, 4.69) is 22.2 Å². The van der Waals surface area contributed by atoms with E-state index in [1.54, 1.807) is 17.4 Å². The van der Waals surface area contributed by atoms with Gasteiger partial charge in [-0.3, -0.25) is 0 Å². The van der Waals surface area contributed by atoms with Crippen LogP contribution < -0.4 is 10.1 Å². The third-order valence-electron chi connectivity index (χ3n) is 4.81. The molecule has 2 unspecified atom stereocenters. The standard InChI is InChI=1S/C20H21N3O3S/c1-12-3-2-4-13(9-12)22-20-23-16-6-5-14(11-18(16)27-20)26-15-7-8-21-17(10-15)19(24)25/h5-8,10-13H,2-4,9H2,1H3,(H,22,23)(H,24,25). The number of aromatic carboxylic acids is 1. The summed E-state index contributed by atoms with van der Waals surface area (Å²) in [5.74, 6) is 0.778. The van der Waals surface area contributed by atoms with Crippen LogP contribution in [0.15, 0.2) is 36.5 Å². The molecule has 0 spiro atoms. The number of pyridine rings is 1. The summed E-state index contributed by atoms with van der Waals surface area (Å²) in [6.45, 7) is 2.31. The molecule has 2 heterocycles. The second kappa shape index (κ2) is 7.52. The van der Waals surface area contributed by atoms with Gasteiger partial charge in [0.15, 0.2) is 10.8 Å². The molecule has 1 aromatic carbocycles. The Bertz CT molecular complexity index is 972. The lowest BCUT2D eigenvalue weighted by atomic mass is 9.87. The van der Waals surface area contributed by atoms with E-state index in [1.807, 2.05) is 18.2 Å². The van der Waals surface area contributed by atoms with Crippen LogP contribution in [0.4, 0.5) is 5.13 Å². The Labute approximate surface area is 161 Å². The minimum atomic E-state index is -1.08. The fraction of sp³-hybridized carbons (Fsp3) is 0.350. The molecule has 6 nitrogen and oxygen atoms in total. The minimum absolute atomic E-state index is 0.0421. The highest BCUT2D eigenvalue weighted by Gasteiger charge is 2.19. The van der Waals surface area contributed by atoms with Gasteiger partial charge in [-0.25, -0.2) is 14.8 Å². The molecule has 140 valence electrons. The Morgan fingerprint density at radius 3 is 2.93 bits per heavy atom. The number of nitrogens with one attached hydrogen (secondary N) is 1. The van der Waals surface area contributed by atoms with Crippen LogP contribution in [-0.2, 0) is 0 Å². The van der Waals surface area contributed by atoms with E-state index in [0.717, 1.165) is 21.3 Å². The fourth-order valence-electron chi connectivity index (χ4n) is 3.50. The van der Waals surface area contributed by atoms with Gasteiger partial charge in [0.05, 0.1) is 10.2 Å². The summed E-state index contributed by atoms with van der Waals surface area (Å²) in [6, 6.07) is 9.25. The average molecular weight is 383 g/mol. The second-order valence-electron chi connectivity index (χ2n) is 7.05. The molecule has 7 heteroatoms. The van der Waals surface area contributed by atoms with Crippen molar-refractivity contribution in [1.29, 1.82) is 0 Å². The van der Waals surface area contributed by atoms with Crippen LogP contribution in [0.5, 0.6) is 11.5 Å². The van der Waals surface area contributed by atoms with Crippen molar-refractivity contribution < 1.29 is 14.6 Å². The van der Waals surface area contributed by atoms with Gasteiger partial charge < -0.3 is 15.2 Å². The zero-order valence-electron chi connectivity index (χ0n) is 15.0. The fourth-order valence-corrected chi connectivity index (χ4v) is 4.47. The first-order valence-corrected chi connectivity index (χ1v) is 9.93. The molecule has 0 amide bonds. The number of rotatable bonds is 5. The van der Waals surface area contributed by atoms with E-state index in [1.165, 1.54) is 37.9 Å². The number of benzene rings is 1. The molecule has 2 aromatic heterocycles. The van der Waals surface area contributed by atoms with E-state index in [-0.39, 0.29) is 5.69 Å². The average Bonchev–Trinajstić information content (AvgIpc) is 3.03. The van der Waals surface area contributed by atoms with E-state index in [0.29, 0.717) is 17.5 Å². The molecular formula is C20H21N3O3S. The molecule has 2 atom stereocenters. The minimum Gasteiger partial charge on any atom is -0.477 e. The van der Waals surface area contributed by atoms with Gasteiger partial charge in [0.1, 0.15) is 11.5 Å². The predicted molar refractivity (Wildman–Crippen MR) is 106 cm³/mol. The summed E-state index contributed by atoms with van der Waals surface area (Å²) in [7, 11) is 0. The van der Waals surface area contributed by atoms with E-state index < -0.39 is 5.97 Å². The Hall–Kier alpha value is -2.67. The SMILES string of the molecule is CC1CCCC(Nc2nc3ccc(Oc4ccnc(C(=O)O)c4)cc3s2)C1. The zero-order chi connectivity index (χ0) is 18.8. The summed E-state index contributed by atoms with van der Waals surface area (Å²) in [5, 5.41) is 13.6. The van der Waals surface area contributed by atoms with Gasteiger partial charge in [-0.15, -0.1) is 0 Å². The van der Waals surface area contributed by atoms with Gasteiger partial charge in [0.25, 0.3) is 0 Å². The number of carbonyl (C=O) groups is 1. The topological polar surface area (TPSA) is 84.3 Å². The molecule has 2 N–H and O–H groups in total. The Kier molecular flexibility index (Phi) is 4.94. The number of nitrogens with zero attached hydrogens (tertiary/aromatic N) is 2. The summed E-state index contributed by atoms with van der Waals surface area (Å²) >= 11 is 1.62. The monoisotopic (exact) mass is 383 g/mol. The van der Waals surface area contributed by atoms with Gasteiger partial charge in [0.2, 0.25) is 0 Å². The number of thiazole rings is 1. The summed E-state index contributed by atoms with van der Waals surface area (Å²) in [4.78, 5) is 19.5. The van der Waals surface area contributed by atoms with Gasteiger partial charge in [-0.05, 0) is 37.0 Å². The summed E-state index contributed by atoms with van der Waals surface area (Å²) < 4.78 is 6.84. The maximum Gasteiger partial charge on any atom is 0.354 e. The van der Waals surface area contributed by atoms with Crippen molar-refractivity contribution in [3.05, 3.63) is 42.2 Å². The normalized spacial score (nSPS) is 19.7. The molecule has 1 aliphatic rings. The molecule has 0 saturated heterocycles. The molecule has 0 radical (unpaired) electrons. The molecule has 1 saturated carbocycles. The zero-order valence-corrected chi connectivity index (χ0v) is 15.8. The van der Waals surface area contributed by atoms with Gasteiger partial charge in [0, 0.05) is 24.4 Å². The lowest BCUT2D eigenvalue weighted by molar-refractivity contribution is 0.0690. The number of hydrogen-bond donors (Lipinski definition) is 2. The van der Waals surface area contributed by atoms with Gasteiger partial charge >= 0.3 is 5.97 Å². The molecule has 27 heavy (non-hydrogen) atoms. The van der Waals surface area contributed by atoms with E-state index >= 15 is 0 Å². The first-order chi connectivity index (χ1) is 13.1. The van der Waals surface area contributed by atoms with Crippen molar-refractivity contribution in [1.82, 2.24) is 9.97 Å². The van der Waals surface area contributed by atoms with Crippen LogP contribution in [0.25, 0.3) is 10.2 Å². The molecule has 1 fully saturated rings. The number of anilines is 1. The maximum atomic E-state index is 11.0. The highest BCUT2D eigenvalue weighted by Crippen LogP contribution is 2.33. The summed E-state index contributed by atoms with van der Waals surface area (Å²) in [6.07, 6.45) is 6.40. The third-order valence-corrected chi connectivity index (χ3v) is 5.76. The first kappa shape index (κ1) is 17.7. The maximum absolute atomic E-state index is 11.0. The lowest BCUT2D eigenvalue weighted by Crippen LogP contribution is -2.25. The number of fused-ring (bicyclic) bond motifs is 1. The number of carboxylic acids is 1. The lowest BCUT2D eigenvalue weighted by Gasteiger charge is -2.27. The van der Waals surface area contributed by atoms with Crippen LogP contribution in [0.3, 0.4) is 0 Å². The second-order valence-corrected chi connectivity index (χ2v) is 8.08. The Morgan fingerprint density at radius 1 is 1.26 bits per heavy atom. The van der Waals surface area contributed by atoms with Gasteiger partial charge in [-0.1, -0.05) is 31.1 Å². The smallest absolute Gasteiger partial charge is 0.354 e. The highest BCUT2D eigenvalue weighted by molar-refractivity contribution is 7.22. The van der Waals surface area contributed by atoms with E-state index in [9.17, 15) is 4.79 Å². The molecule has 1 aliphatic carbocycles. The Balaban J connectivity index is 1.50. The number of hydrogen-bond acceptors (Lipinski definition) is 6. The first-order valence-electron chi connectivity index (χ1n) is 9.11. The van der Waals surface area contributed by atoms with Crippen LogP contribution >= 0.6 is 11.3 Å². The molecule has 4 rings (SSSR count). The van der Waals surface area contributed by atoms with Gasteiger partial charge in [-0.2, -0.15) is 0 Å². The number of ether oxygens (including phenoxy) is 1. The van der Waals surface area contributed by atoms with Crippen molar-refractivity contribution >= 4 is 32.7 Å². The summed E-state index contributed by atoms with van der Waals surface area (Å²) in [5.41, 5.74) is 0.888. The van der Waals surface area contributed by atoms with Crippen LogP contribution in [0, 0.1) is 5.92 Å². The van der Waals surface area contributed by atoms with Crippen molar-refractivity contribution in [3.8, 4) is 11.5 Å². The molecule has 3 aromatic rings. The molecular weight excluding hydrogens is 362 g/mol. The number of aromatic nitrogens is 2. The van der Waals surface area contributed by atoms with Crippen molar-refractivity contribution in [2.45, 2.75) is 38.6 Å². The van der Waals surface area contributed by atoms with Crippen molar-refractivity contribution in [3.63, 3.8) is 0 Å². The van der Waals surface area contributed by atoms with Crippen LogP contribution in [0.2, 0.25) is 0 Å². The largest absolute Gasteiger partial charge is 0.477 e.